The number of hydrogen-bond acceptors (Lipinski definition) is 2. The highest BCUT2D eigenvalue weighted by molar-refractivity contribution is 5.82. The lowest BCUT2D eigenvalue weighted by Crippen LogP contribution is -1.87. The number of fused-ring (bicyclic) bond motifs is 1. The van der Waals surface area contributed by atoms with Crippen molar-refractivity contribution in [2.24, 2.45) is 0 Å². The number of aromatic amines is 1. The first-order chi connectivity index (χ1) is 8.36. The summed E-state index contributed by atoms with van der Waals surface area (Å²) < 4.78 is 0. The van der Waals surface area contributed by atoms with Crippen LogP contribution in [0.1, 0.15) is 0 Å². The topological polar surface area (TPSA) is 40.7 Å². The van der Waals surface area contributed by atoms with E-state index in [1.807, 2.05) is 13.1 Å². The van der Waals surface area contributed by atoms with E-state index in [2.05, 4.69) is 51.7 Å². The molecule has 3 aromatic rings. The molecule has 1 heterocycles. The third kappa shape index (κ3) is 1.76. The van der Waals surface area contributed by atoms with Crippen LogP contribution in [-0.4, -0.2) is 17.0 Å². The maximum Gasteiger partial charge on any atom is 0.0931 e. The Balaban J connectivity index is 2.12. The second-order valence-corrected chi connectivity index (χ2v) is 3.97. The van der Waals surface area contributed by atoms with Gasteiger partial charge in [-0.2, -0.15) is 0 Å². The van der Waals surface area contributed by atoms with Gasteiger partial charge in [-0.1, -0.05) is 18.2 Å². The second-order valence-electron chi connectivity index (χ2n) is 3.97. The van der Waals surface area contributed by atoms with E-state index in [0.717, 1.165) is 16.7 Å². The van der Waals surface area contributed by atoms with Gasteiger partial charge in [-0.05, 0) is 35.4 Å². The lowest BCUT2D eigenvalue weighted by Gasteiger charge is -2.05. The van der Waals surface area contributed by atoms with Crippen LogP contribution in [0.3, 0.4) is 0 Å². The van der Waals surface area contributed by atoms with E-state index < -0.39 is 0 Å². The Hall–Kier alpha value is -2.29. The van der Waals surface area contributed by atoms with Crippen LogP contribution in [-0.2, 0) is 0 Å². The predicted molar refractivity (Wildman–Crippen MR) is 71.1 cm³/mol. The smallest absolute Gasteiger partial charge is 0.0931 e. The minimum Gasteiger partial charge on any atom is -0.388 e. The number of benzene rings is 2. The Kier molecular flexibility index (Phi) is 2.29. The van der Waals surface area contributed by atoms with Crippen LogP contribution in [0.2, 0.25) is 0 Å². The van der Waals surface area contributed by atoms with Gasteiger partial charge in [0.05, 0.1) is 17.4 Å². The van der Waals surface area contributed by atoms with Crippen molar-refractivity contribution in [2.45, 2.75) is 0 Å². The molecule has 3 rings (SSSR count). The highest BCUT2D eigenvalue weighted by Crippen LogP contribution is 2.24. The fourth-order valence-corrected chi connectivity index (χ4v) is 1.97. The summed E-state index contributed by atoms with van der Waals surface area (Å²) in [5.41, 5.74) is 5.58. The van der Waals surface area contributed by atoms with Crippen molar-refractivity contribution >= 4 is 16.7 Å². The summed E-state index contributed by atoms with van der Waals surface area (Å²) in [7, 11) is 1.93. The van der Waals surface area contributed by atoms with E-state index in [1.165, 1.54) is 11.1 Å². The molecule has 84 valence electrons. The molecule has 0 saturated carbocycles. The van der Waals surface area contributed by atoms with Gasteiger partial charge < -0.3 is 10.3 Å². The number of hydrogen-bond donors (Lipinski definition) is 2. The number of nitrogens with one attached hydrogen (secondary N) is 2. The van der Waals surface area contributed by atoms with Gasteiger partial charge in [0.1, 0.15) is 0 Å². The van der Waals surface area contributed by atoms with E-state index >= 15 is 0 Å². The maximum absolute atomic E-state index is 4.22. The number of imidazole rings is 1. The Morgan fingerprint density at radius 3 is 2.82 bits per heavy atom. The molecule has 0 bridgehead atoms. The van der Waals surface area contributed by atoms with Crippen molar-refractivity contribution in [2.75, 3.05) is 12.4 Å². The lowest BCUT2D eigenvalue weighted by atomic mass is 10.0. The molecule has 0 spiro atoms. The lowest BCUT2D eigenvalue weighted by molar-refractivity contribution is 1.34. The predicted octanol–water partition coefficient (Wildman–Crippen LogP) is 3.27. The fraction of sp³-hybridized carbons (Fsp3) is 0.0714. The molecule has 0 aliphatic carbocycles. The zero-order valence-electron chi connectivity index (χ0n) is 9.57. The number of rotatable bonds is 2. The number of H-pyrrole nitrogens is 1. The molecule has 0 radical (unpaired) electrons. The molecule has 0 atom stereocenters. The van der Waals surface area contributed by atoms with Gasteiger partial charge >= 0.3 is 0 Å². The zero-order valence-corrected chi connectivity index (χ0v) is 9.57. The Bertz CT molecular complexity index is 655. The molecule has 3 heteroatoms. The first-order valence-electron chi connectivity index (χ1n) is 5.58. The third-order valence-corrected chi connectivity index (χ3v) is 2.90. The molecule has 0 amide bonds. The third-order valence-electron chi connectivity index (χ3n) is 2.90. The molecule has 1 aromatic heterocycles. The van der Waals surface area contributed by atoms with Crippen molar-refractivity contribution in [3.8, 4) is 11.1 Å². The maximum atomic E-state index is 4.22. The quantitative estimate of drug-likeness (QED) is 0.700. The van der Waals surface area contributed by atoms with E-state index in [1.54, 1.807) is 6.33 Å². The van der Waals surface area contributed by atoms with Gasteiger partial charge in [0, 0.05) is 12.7 Å². The molecular weight excluding hydrogens is 210 g/mol. The van der Waals surface area contributed by atoms with E-state index in [-0.39, 0.29) is 0 Å². The molecule has 0 saturated heterocycles. The molecule has 0 aliphatic heterocycles. The van der Waals surface area contributed by atoms with Gasteiger partial charge in [0.15, 0.2) is 0 Å². The molecule has 0 aliphatic rings. The monoisotopic (exact) mass is 223 g/mol. The molecular formula is C14H13N3. The fourth-order valence-electron chi connectivity index (χ4n) is 1.97. The largest absolute Gasteiger partial charge is 0.388 e. The molecule has 2 N–H and O–H groups in total. The van der Waals surface area contributed by atoms with Gasteiger partial charge in [0.2, 0.25) is 0 Å². The van der Waals surface area contributed by atoms with Crippen LogP contribution in [0, 0.1) is 0 Å². The minimum absolute atomic E-state index is 0.999. The van der Waals surface area contributed by atoms with Crippen LogP contribution in [0.4, 0.5) is 5.69 Å². The van der Waals surface area contributed by atoms with Crippen molar-refractivity contribution in [3.63, 3.8) is 0 Å². The SMILES string of the molecule is CNc1cccc(-c2ccc3nc[nH]c3c2)c1. The van der Waals surface area contributed by atoms with Crippen LogP contribution >= 0.6 is 0 Å². The van der Waals surface area contributed by atoms with Gasteiger partial charge in [-0.15, -0.1) is 0 Å². The standard InChI is InChI=1S/C14H13N3/c1-15-12-4-2-3-10(7-12)11-5-6-13-14(8-11)17-9-16-13/h2-9,15H,1H3,(H,16,17). The first kappa shape index (κ1) is 9.90. The van der Waals surface area contributed by atoms with Crippen LogP contribution in [0.15, 0.2) is 48.8 Å². The van der Waals surface area contributed by atoms with Crippen LogP contribution < -0.4 is 5.32 Å². The van der Waals surface area contributed by atoms with E-state index in [4.69, 9.17) is 0 Å². The normalized spacial score (nSPS) is 10.6. The number of aromatic nitrogens is 2. The van der Waals surface area contributed by atoms with Crippen molar-refractivity contribution in [3.05, 3.63) is 48.8 Å². The molecule has 0 fully saturated rings. The van der Waals surface area contributed by atoms with Gasteiger partial charge in [-0.3, -0.25) is 0 Å². The zero-order chi connectivity index (χ0) is 11.7. The molecule has 17 heavy (non-hydrogen) atoms. The van der Waals surface area contributed by atoms with Crippen molar-refractivity contribution < 1.29 is 0 Å². The molecule has 0 unspecified atom stereocenters. The Morgan fingerprint density at radius 1 is 1.06 bits per heavy atom. The first-order valence-corrected chi connectivity index (χ1v) is 5.58. The van der Waals surface area contributed by atoms with Gasteiger partial charge in [-0.25, -0.2) is 4.98 Å². The van der Waals surface area contributed by atoms with Crippen LogP contribution in [0.25, 0.3) is 22.2 Å². The van der Waals surface area contributed by atoms with Crippen LogP contribution in [0.5, 0.6) is 0 Å². The van der Waals surface area contributed by atoms with Gasteiger partial charge in [0.25, 0.3) is 0 Å². The van der Waals surface area contributed by atoms with Crippen molar-refractivity contribution in [1.29, 1.82) is 0 Å². The summed E-state index contributed by atoms with van der Waals surface area (Å²) in [6, 6.07) is 14.6. The summed E-state index contributed by atoms with van der Waals surface area (Å²) >= 11 is 0. The Morgan fingerprint density at radius 2 is 1.94 bits per heavy atom. The molecule has 3 nitrogen and oxygen atoms in total. The average molecular weight is 223 g/mol. The Labute approximate surface area is 99.5 Å². The summed E-state index contributed by atoms with van der Waals surface area (Å²) in [5, 5.41) is 3.15. The van der Waals surface area contributed by atoms with E-state index in [9.17, 15) is 0 Å². The van der Waals surface area contributed by atoms with E-state index in [0.29, 0.717) is 0 Å². The number of nitrogens with zero attached hydrogens (tertiary/aromatic N) is 1. The number of anilines is 1. The summed E-state index contributed by atoms with van der Waals surface area (Å²) in [6.07, 6.45) is 1.72. The summed E-state index contributed by atoms with van der Waals surface area (Å²) in [4.78, 5) is 7.35. The second kappa shape index (κ2) is 3.94. The highest BCUT2D eigenvalue weighted by Gasteiger charge is 2.01. The average Bonchev–Trinajstić information content (AvgIpc) is 2.86. The van der Waals surface area contributed by atoms with Crippen molar-refractivity contribution in [1.82, 2.24) is 9.97 Å². The molecule has 2 aromatic carbocycles. The summed E-state index contributed by atoms with van der Waals surface area (Å²) in [6.45, 7) is 0. The highest BCUT2D eigenvalue weighted by atomic mass is 14.9. The summed E-state index contributed by atoms with van der Waals surface area (Å²) in [5.74, 6) is 0. The minimum atomic E-state index is 0.999.